The second-order valence-corrected chi connectivity index (χ2v) is 6.78. The van der Waals surface area contributed by atoms with Gasteiger partial charge in [0, 0.05) is 52.4 Å². The number of benzene rings is 1. The van der Waals surface area contributed by atoms with E-state index in [0.717, 1.165) is 38.6 Å². The minimum Gasteiger partial charge on any atom is -0.354 e. The van der Waals surface area contributed by atoms with E-state index in [1.54, 1.807) is 0 Å². The first-order valence-corrected chi connectivity index (χ1v) is 9.06. The van der Waals surface area contributed by atoms with Gasteiger partial charge in [0.2, 0.25) is 0 Å². The largest absolute Gasteiger partial charge is 0.354 e. The van der Waals surface area contributed by atoms with Crippen molar-refractivity contribution in [3.8, 4) is 0 Å². The van der Waals surface area contributed by atoms with E-state index in [1.165, 1.54) is 24.2 Å². The molecule has 0 spiro atoms. The van der Waals surface area contributed by atoms with Crippen LogP contribution in [0.15, 0.2) is 29.3 Å². The van der Waals surface area contributed by atoms with Crippen molar-refractivity contribution in [2.75, 3.05) is 40.3 Å². The van der Waals surface area contributed by atoms with Gasteiger partial charge in [-0.15, -0.1) is 24.0 Å². The molecule has 0 aliphatic carbocycles. The monoisotopic (exact) mass is 459 g/mol. The fraction of sp³-hybridized carbons (Fsp3) is 0.632. The summed E-state index contributed by atoms with van der Waals surface area (Å²) in [6, 6.07) is 9.37. The summed E-state index contributed by atoms with van der Waals surface area (Å²) in [5.41, 5.74) is 2.68. The highest BCUT2D eigenvalue weighted by Gasteiger charge is 2.13. The first-order valence-electron chi connectivity index (χ1n) is 9.06. The normalized spacial score (nSPS) is 17.7. The Morgan fingerprint density at radius 2 is 1.72 bits per heavy atom. The zero-order valence-corrected chi connectivity index (χ0v) is 18.4. The Morgan fingerprint density at radius 1 is 1.12 bits per heavy atom. The SMILES string of the molecule is CCC(C)NC(=NC)NCc1ccc(CN2CCN(C)CC2)cc1.I. The predicted octanol–water partition coefficient (Wildman–Crippen LogP) is 2.52. The Labute approximate surface area is 170 Å². The summed E-state index contributed by atoms with van der Waals surface area (Å²) in [7, 11) is 4.01. The van der Waals surface area contributed by atoms with E-state index in [0.29, 0.717) is 6.04 Å². The zero-order valence-electron chi connectivity index (χ0n) is 16.1. The number of likely N-dealkylation sites (N-methyl/N-ethyl adjacent to an activating group) is 1. The van der Waals surface area contributed by atoms with Gasteiger partial charge in [-0.1, -0.05) is 31.2 Å². The molecule has 1 fully saturated rings. The summed E-state index contributed by atoms with van der Waals surface area (Å²) in [6.45, 7) is 10.9. The van der Waals surface area contributed by atoms with E-state index in [2.05, 4.69) is 70.6 Å². The second-order valence-electron chi connectivity index (χ2n) is 6.78. The number of piperazine rings is 1. The lowest BCUT2D eigenvalue weighted by Gasteiger charge is -2.32. The van der Waals surface area contributed by atoms with Crippen LogP contribution in [0.2, 0.25) is 0 Å². The second kappa shape index (κ2) is 11.7. The van der Waals surface area contributed by atoms with Crippen molar-refractivity contribution in [2.24, 2.45) is 4.99 Å². The Bertz CT molecular complexity index is 509. The number of nitrogens with zero attached hydrogens (tertiary/aromatic N) is 3. The lowest BCUT2D eigenvalue weighted by atomic mass is 10.1. The van der Waals surface area contributed by atoms with Crippen LogP contribution in [0.1, 0.15) is 31.4 Å². The molecule has 1 saturated heterocycles. The third kappa shape index (κ3) is 7.92. The van der Waals surface area contributed by atoms with Gasteiger partial charge in [0.15, 0.2) is 5.96 Å². The molecule has 0 radical (unpaired) electrons. The highest BCUT2D eigenvalue weighted by molar-refractivity contribution is 14.0. The summed E-state index contributed by atoms with van der Waals surface area (Å²) < 4.78 is 0. The molecule has 0 saturated carbocycles. The molecule has 142 valence electrons. The molecule has 1 aromatic rings. The maximum atomic E-state index is 4.28. The van der Waals surface area contributed by atoms with Gasteiger partial charge in [0.05, 0.1) is 0 Å². The molecular weight excluding hydrogens is 425 g/mol. The summed E-state index contributed by atoms with van der Waals surface area (Å²) in [5.74, 6) is 0.867. The average molecular weight is 459 g/mol. The van der Waals surface area contributed by atoms with Crippen molar-refractivity contribution in [3.63, 3.8) is 0 Å². The van der Waals surface area contributed by atoms with Crippen LogP contribution < -0.4 is 10.6 Å². The molecule has 2 rings (SSSR count). The third-order valence-electron chi connectivity index (χ3n) is 4.70. The van der Waals surface area contributed by atoms with E-state index in [1.807, 2.05) is 7.05 Å². The topological polar surface area (TPSA) is 42.9 Å². The Hall–Kier alpha value is -0.860. The van der Waals surface area contributed by atoms with Crippen LogP contribution in [0.3, 0.4) is 0 Å². The highest BCUT2D eigenvalue weighted by atomic mass is 127. The van der Waals surface area contributed by atoms with Gasteiger partial charge in [-0.3, -0.25) is 9.89 Å². The van der Waals surface area contributed by atoms with Crippen molar-refractivity contribution in [3.05, 3.63) is 35.4 Å². The number of aliphatic imine (C=N–C) groups is 1. The van der Waals surface area contributed by atoms with Gasteiger partial charge in [0.25, 0.3) is 0 Å². The molecule has 1 aromatic carbocycles. The summed E-state index contributed by atoms with van der Waals surface area (Å²) in [4.78, 5) is 9.20. The summed E-state index contributed by atoms with van der Waals surface area (Å²) in [6.07, 6.45) is 1.09. The maximum Gasteiger partial charge on any atom is 0.191 e. The lowest BCUT2D eigenvalue weighted by Crippen LogP contribution is -2.43. The average Bonchev–Trinajstić information content (AvgIpc) is 2.61. The van der Waals surface area contributed by atoms with Gasteiger partial charge in [0.1, 0.15) is 0 Å². The van der Waals surface area contributed by atoms with Gasteiger partial charge >= 0.3 is 0 Å². The van der Waals surface area contributed by atoms with Crippen molar-refractivity contribution in [2.45, 2.75) is 39.4 Å². The smallest absolute Gasteiger partial charge is 0.191 e. The van der Waals surface area contributed by atoms with E-state index in [9.17, 15) is 0 Å². The Kier molecular flexibility index (Phi) is 10.4. The Morgan fingerprint density at radius 3 is 2.28 bits per heavy atom. The van der Waals surface area contributed by atoms with E-state index >= 15 is 0 Å². The number of hydrogen-bond donors (Lipinski definition) is 2. The molecule has 0 amide bonds. The minimum atomic E-state index is 0. The number of hydrogen-bond acceptors (Lipinski definition) is 3. The van der Waals surface area contributed by atoms with Crippen LogP contribution in [0.5, 0.6) is 0 Å². The van der Waals surface area contributed by atoms with Crippen LogP contribution in [0, 0.1) is 0 Å². The van der Waals surface area contributed by atoms with Crippen LogP contribution in [0.25, 0.3) is 0 Å². The highest BCUT2D eigenvalue weighted by Crippen LogP contribution is 2.09. The van der Waals surface area contributed by atoms with Crippen molar-refractivity contribution < 1.29 is 0 Å². The maximum absolute atomic E-state index is 4.28. The number of guanidine groups is 1. The molecule has 1 atom stereocenters. The first kappa shape index (κ1) is 22.2. The van der Waals surface area contributed by atoms with Crippen LogP contribution in [-0.2, 0) is 13.1 Å². The number of rotatable bonds is 6. The Balaban J connectivity index is 0.00000312. The van der Waals surface area contributed by atoms with Gasteiger partial charge in [-0.05, 0) is 31.5 Å². The molecule has 1 aliphatic rings. The van der Waals surface area contributed by atoms with Crippen LogP contribution >= 0.6 is 24.0 Å². The molecule has 5 nitrogen and oxygen atoms in total. The molecule has 1 unspecified atom stereocenters. The zero-order chi connectivity index (χ0) is 17.4. The van der Waals surface area contributed by atoms with Gasteiger partial charge < -0.3 is 15.5 Å². The molecular formula is C19H34IN5. The number of nitrogens with one attached hydrogen (secondary N) is 2. The van der Waals surface area contributed by atoms with Crippen LogP contribution in [-0.4, -0.2) is 62.1 Å². The number of halogens is 1. The summed E-state index contributed by atoms with van der Waals surface area (Å²) in [5, 5.41) is 6.76. The molecule has 0 bridgehead atoms. The standard InChI is InChI=1S/C19H33N5.HI/c1-5-16(2)22-19(20-3)21-14-17-6-8-18(9-7-17)15-24-12-10-23(4)11-13-24;/h6-9,16H,5,10-15H2,1-4H3,(H2,20,21,22);1H. The molecule has 2 N–H and O–H groups in total. The van der Waals surface area contributed by atoms with E-state index < -0.39 is 0 Å². The minimum absolute atomic E-state index is 0. The van der Waals surface area contributed by atoms with E-state index in [-0.39, 0.29) is 24.0 Å². The summed E-state index contributed by atoms with van der Waals surface area (Å²) >= 11 is 0. The quantitative estimate of drug-likeness (QED) is 0.390. The molecule has 6 heteroatoms. The van der Waals surface area contributed by atoms with Gasteiger partial charge in [-0.2, -0.15) is 0 Å². The molecule has 1 aliphatic heterocycles. The molecule has 25 heavy (non-hydrogen) atoms. The molecule has 0 aromatic heterocycles. The molecule has 1 heterocycles. The van der Waals surface area contributed by atoms with Crippen molar-refractivity contribution in [1.82, 2.24) is 20.4 Å². The van der Waals surface area contributed by atoms with Crippen molar-refractivity contribution in [1.29, 1.82) is 0 Å². The predicted molar refractivity (Wildman–Crippen MR) is 118 cm³/mol. The lowest BCUT2D eigenvalue weighted by molar-refractivity contribution is 0.148. The van der Waals surface area contributed by atoms with Gasteiger partial charge in [-0.25, -0.2) is 0 Å². The first-order chi connectivity index (χ1) is 11.6. The van der Waals surface area contributed by atoms with Crippen molar-refractivity contribution >= 4 is 29.9 Å². The van der Waals surface area contributed by atoms with Crippen LogP contribution in [0.4, 0.5) is 0 Å². The van der Waals surface area contributed by atoms with E-state index in [4.69, 9.17) is 0 Å². The fourth-order valence-electron chi connectivity index (χ4n) is 2.74. The third-order valence-corrected chi connectivity index (χ3v) is 4.70. The fourth-order valence-corrected chi connectivity index (χ4v) is 2.74.